The van der Waals surface area contributed by atoms with Gasteiger partial charge in [-0.2, -0.15) is 0 Å². The summed E-state index contributed by atoms with van der Waals surface area (Å²) in [4.78, 5) is 12.5. The van der Waals surface area contributed by atoms with Crippen molar-refractivity contribution in [2.45, 2.75) is 9.79 Å². The Hall–Kier alpha value is -2.07. The molecule has 1 aliphatic heterocycles. The maximum absolute atomic E-state index is 14.1. The number of carboxylic acids is 1. The molecule has 0 atom stereocenters. The average Bonchev–Trinajstić information content (AvgIpc) is 2.54. The van der Waals surface area contributed by atoms with Gasteiger partial charge < -0.3 is 5.11 Å². The third kappa shape index (κ3) is 2.15. The molecule has 0 aromatic heterocycles. The number of aromatic carboxylic acids is 1. The smallest absolute Gasteiger partial charge is 0.335 e. The van der Waals surface area contributed by atoms with Gasteiger partial charge in [-0.05, 0) is 29.8 Å². The van der Waals surface area contributed by atoms with E-state index in [1.54, 1.807) is 0 Å². The molecule has 0 saturated heterocycles. The third-order valence-electron chi connectivity index (χ3n) is 2.91. The van der Waals surface area contributed by atoms with Gasteiger partial charge in [0.15, 0.2) is 0 Å². The molecule has 0 radical (unpaired) electrons. The van der Waals surface area contributed by atoms with E-state index in [0.29, 0.717) is 10.5 Å². The monoisotopic (exact) mass is 272 g/mol. The van der Waals surface area contributed by atoms with Crippen molar-refractivity contribution in [1.82, 2.24) is 0 Å². The number of carboxylic acid groups (broad SMARTS) is 1. The van der Waals surface area contributed by atoms with Crippen LogP contribution in [0.15, 0.2) is 52.3 Å². The largest absolute Gasteiger partial charge is 0.478 e. The lowest BCUT2D eigenvalue weighted by Crippen LogP contribution is -1.97. The quantitative estimate of drug-likeness (QED) is 0.840. The molecule has 0 amide bonds. The minimum absolute atomic E-state index is 0.165. The van der Waals surface area contributed by atoms with Gasteiger partial charge in [-0.1, -0.05) is 36.0 Å². The molecule has 4 heteroatoms. The van der Waals surface area contributed by atoms with E-state index in [2.05, 4.69) is 0 Å². The molecule has 2 aromatic rings. The Morgan fingerprint density at radius 2 is 1.89 bits per heavy atom. The van der Waals surface area contributed by atoms with Gasteiger partial charge in [0.25, 0.3) is 0 Å². The van der Waals surface area contributed by atoms with Crippen molar-refractivity contribution in [3.8, 4) is 0 Å². The van der Waals surface area contributed by atoms with Crippen LogP contribution in [0.2, 0.25) is 0 Å². The molecule has 2 nitrogen and oxygen atoms in total. The van der Waals surface area contributed by atoms with Gasteiger partial charge in [0, 0.05) is 15.4 Å². The Kier molecular flexibility index (Phi) is 2.87. The van der Waals surface area contributed by atoms with Crippen molar-refractivity contribution in [1.29, 1.82) is 0 Å². The number of rotatable bonds is 1. The predicted molar refractivity (Wildman–Crippen MR) is 72.9 cm³/mol. The Bertz CT molecular complexity index is 707. The van der Waals surface area contributed by atoms with Crippen LogP contribution in [0, 0.1) is 0 Å². The van der Waals surface area contributed by atoms with Crippen molar-refractivity contribution in [3.05, 3.63) is 59.2 Å². The van der Waals surface area contributed by atoms with Gasteiger partial charge in [-0.3, -0.25) is 0 Å². The fourth-order valence-corrected chi connectivity index (χ4v) is 3.05. The highest BCUT2D eigenvalue weighted by atomic mass is 32.2. The van der Waals surface area contributed by atoms with E-state index < -0.39 is 5.97 Å². The van der Waals surface area contributed by atoms with Gasteiger partial charge in [0.2, 0.25) is 0 Å². The van der Waals surface area contributed by atoms with E-state index in [0.717, 1.165) is 10.5 Å². The molecule has 0 spiro atoms. The number of hydrogen-bond donors (Lipinski definition) is 1. The van der Waals surface area contributed by atoms with Crippen LogP contribution in [0.5, 0.6) is 0 Å². The first kappa shape index (κ1) is 12.0. The normalized spacial score (nSPS) is 13.0. The second-order valence-electron chi connectivity index (χ2n) is 4.15. The second kappa shape index (κ2) is 4.55. The van der Waals surface area contributed by atoms with Crippen LogP contribution in [0.1, 0.15) is 21.5 Å². The molecule has 1 aliphatic rings. The first-order valence-corrected chi connectivity index (χ1v) is 6.48. The van der Waals surface area contributed by atoms with Gasteiger partial charge in [0.1, 0.15) is 5.83 Å². The first-order valence-electron chi connectivity index (χ1n) is 5.67. The van der Waals surface area contributed by atoms with Crippen LogP contribution in [0.4, 0.5) is 4.39 Å². The zero-order valence-corrected chi connectivity index (χ0v) is 10.6. The minimum Gasteiger partial charge on any atom is -0.478 e. The van der Waals surface area contributed by atoms with Gasteiger partial charge in [-0.15, -0.1) is 0 Å². The van der Waals surface area contributed by atoms with Crippen LogP contribution in [-0.4, -0.2) is 11.1 Å². The molecular formula is C15H9FO2S. The van der Waals surface area contributed by atoms with E-state index in [1.165, 1.54) is 36.0 Å². The Morgan fingerprint density at radius 3 is 2.68 bits per heavy atom. The number of benzene rings is 2. The summed E-state index contributed by atoms with van der Waals surface area (Å²) in [7, 11) is 0. The summed E-state index contributed by atoms with van der Waals surface area (Å²) >= 11 is 1.38. The number of fused-ring (bicyclic) bond motifs is 2. The fraction of sp³-hybridized carbons (Fsp3) is 0. The highest BCUT2D eigenvalue weighted by Crippen LogP contribution is 2.41. The van der Waals surface area contributed by atoms with Gasteiger partial charge >= 0.3 is 5.97 Å². The topological polar surface area (TPSA) is 37.3 Å². The summed E-state index contributed by atoms with van der Waals surface area (Å²) in [6.45, 7) is 0. The van der Waals surface area contributed by atoms with E-state index in [4.69, 9.17) is 5.11 Å². The third-order valence-corrected chi connectivity index (χ3v) is 4.06. The summed E-state index contributed by atoms with van der Waals surface area (Å²) in [5.41, 5.74) is 1.41. The predicted octanol–water partition coefficient (Wildman–Crippen LogP) is 4.32. The zero-order valence-electron chi connectivity index (χ0n) is 9.76. The van der Waals surface area contributed by atoms with E-state index >= 15 is 0 Å². The number of halogens is 1. The van der Waals surface area contributed by atoms with Gasteiger partial charge in [-0.25, -0.2) is 9.18 Å². The minimum atomic E-state index is -1.01. The summed E-state index contributed by atoms with van der Waals surface area (Å²) in [6, 6.07) is 11.9. The Labute approximate surface area is 113 Å². The maximum Gasteiger partial charge on any atom is 0.335 e. The first-order chi connectivity index (χ1) is 9.15. The highest BCUT2D eigenvalue weighted by molar-refractivity contribution is 7.99. The highest BCUT2D eigenvalue weighted by Gasteiger charge is 2.17. The summed E-state index contributed by atoms with van der Waals surface area (Å²) in [6.07, 6.45) is 1.48. The molecule has 0 bridgehead atoms. The number of carbonyl (C=O) groups is 1. The van der Waals surface area contributed by atoms with Crippen LogP contribution >= 0.6 is 11.8 Å². The van der Waals surface area contributed by atoms with E-state index in [9.17, 15) is 9.18 Å². The molecule has 1 heterocycles. The maximum atomic E-state index is 14.1. The van der Waals surface area contributed by atoms with Crippen LogP contribution in [0.3, 0.4) is 0 Å². The summed E-state index contributed by atoms with van der Waals surface area (Å²) < 4.78 is 14.1. The number of hydrogen-bond acceptors (Lipinski definition) is 2. The summed E-state index contributed by atoms with van der Waals surface area (Å²) in [5, 5.41) is 9.00. The lowest BCUT2D eigenvalue weighted by atomic mass is 10.1. The molecule has 0 fully saturated rings. The lowest BCUT2D eigenvalue weighted by Gasteiger charge is -2.06. The van der Waals surface area contributed by atoms with Crippen LogP contribution in [-0.2, 0) is 0 Å². The van der Waals surface area contributed by atoms with Crippen LogP contribution in [0.25, 0.3) is 11.9 Å². The molecule has 2 aromatic carbocycles. The second-order valence-corrected chi connectivity index (χ2v) is 5.23. The van der Waals surface area contributed by atoms with E-state index in [1.807, 2.05) is 24.3 Å². The lowest BCUT2D eigenvalue weighted by molar-refractivity contribution is 0.0696. The molecule has 1 N–H and O–H groups in total. The molecule has 94 valence electrons. The SMILES string of the molecule is O=C(O)c1ccc2c(c1)Sc1ccccc1C=C2F. The van der Waals surface area contributed by atoms with Crippen molar-refractivity contribution in [2.75, 3.05) is 0 Å². The van der Waals surface area contributed by atoms with Crippen molar-refractivity contribution in [2.24, 2.45) is 0 Å². The molecule has 19 heavy (non-hydrogen) atoms. The standard InChI is InChI=1S/C15H9FO2S/c16-12-7-9-3-1-2-4-13(9)19-14-8-10(15(17)18)5-6-11(12)14/h1-8H,(H,17,18). The van der Waals surface area contributed by atoms with Crippen molar-refractivity contribution in [3.63, 3.8) is 0 Å². The molecule has 0 saturated carbocycles. The molecule has 0 unspecified atom stereocenters. The Balaban J connectivity index is 2.20. The zero-order chi connectivity index (χ0) is 13.4. The molecule has 3 rings (SSSR count). The molecular weight excluding hydrogens is 263 g/mol. The Morgan fingerprint density at radius 1 is 1.11 bits per heavy atom. The van der Waals surface area contributed by atoms with Gasteiger partial charge in [0.05, 0.1) is 5.56 Å². The molecule has 0 aliphatic carbocycles. The van der Waals surface area contributed by atoms with Crippen molar-refractivity contribution >= 4 is 29.6 Å². The van der Waals surface area contributed by atoms with Crippen molar-refractivity contribution < 1.29 is 14.3 Å². The average molecular weight is 272 g/mol. The summed E-state index contributed by atoms with van der Waals surface area (Å²) in [5.74, 6) is -1.35. The van der Waals surface area contributed by atoms with Crippen LogP contribution < -0.4 is 0 Å². The fourth-order valence-electron chi connectivity index (χ4n) is 1.96. The van der Waals surface area contributed by atoms with E-state index in [-0.39, 0.29) is 11.4 Å².